The third-order valence-electron chi connectivity index (χ3n) is 4.06. The van der Waals surface area contributed by atoms with E-state index in [0.29, 0.717) is 31.0 Å². The van der Waals surface area contributed by atoms with Crippen LogP contribution in [0.2, 0.25) is 0 Å². The van der Waals surface area contributed by atoms with E-state index in [2.05, 4.69) is 4.98 Å². The van der Waals surface area contributed by atoms with Crippen molar-refractivity contribution in [3.05, 3.63) is 51.5 Å². The van der Waals surface area contributed by atoms with Crippen LogP contribution >= 0.6 is 11.3 Å². The van der Waals surface area contributed by atoms with E-state index in [1.807, 2.05) is 37.3 Å². The molecule has 1 aliphatic rings. The number of aromatic nitrogens is 1. The Morgan fingerprint density at radius 3 is 2.84 bits per heavy atom. The first-order chi connectivity index (χ1) is 12.0. The van der Waals surface area contributed by atoms with E-state index in [4.69, 9.17) is 9.84 Å². The lowest BCUT2D eigenvalue weighted by Crippen LogP contribution is -2.46. The molecule has 0 unspecified atom stereocenters. The summed E-state index contributed by atoms with van der Waals surface area (Å²) in [6.45, 7) is 2.97. The first-order valence-corrected chi connectivity index (χ1v) is 8.97. The van der Waals surface area contributed by atoms with Crippen LogP contribution < -0.4 is 0 Å². The van der Waals surface area contributed by atoms with Crippen molar-refractivity contribution in [2.75, 3.05) is 19.7 Å². The summed E-state index contributed by atoms with van der Waals surface area (Å²) in [4.78, 5) is 30.5. The Hall–Kier alpha value is -2.25. The number of carbonyl (C=O) groups excluding carboxylic acids is 1. The second kappa shape index (κ2) is 7.76. The highest BCUT2D eigenvalue weighted by atomic mass is 32.1. The van der Waals surface area contributed by atoms with Gasteiger partial charge in [-0.2, -0.15) is 0 Å². The van der Waals surface area contributed by atoms with Crippen LogP contribution in [0, 0.1) is 6.92 Å². The summed E-state index contributed by atoms with van der Waals surface area (Å²) in [7, 11) is 0. The van der Waals surface area contributed by atoms with Crippen molar-refractivity contribution < 1.29 is 19.4 Å². The zero-order chi connectivity index (χ0) is 17.8. The summed E-state index contributed by atoms with van der Waals surface area (Å²) >= 11 is 1.41. The predicted molar refractivity (Wildman–Crippen MR) is 94.0 cm³/mol. The third-order valence-corrected chi connectivity index (χ3v) is 5.21. The molecule has 0 saturated carbocycles. The van der Waals surface area contributed by atoms with Crippen molar-refractivity contribution in [1.29, 1.82) is 0 Å². The number of benzene rings is 1. The number of carboxylic acid groups (broad SMARTS) is 1. The second-order valence-electron chi connectivity index (χ2n) is 6.03. The Balaban J connectivity index is 1.70. The Bertz CT molecular complexity index is 760. The normalized spacial score (nSPS) is 17.5. The molecule has 0 bridgehead atoms. The maximum Gasteiger partial charge on any atom is 0.306 e. The smallest absolute Gasteiger partial charge is 0.306 e. The lowest BCUT2D eigenvalue weighted by atomic mass is 10.2. The minimum atomic E-state index is -0.918. The summed E-state index contributed by atoms with van der Waals surface area (Å²) in [6, 6.07) is 10.0. The van der Waals surface area contributed by atoms with Crippen molar-refractivity contribution in [2.24, 2.45) is 0 Å². The van der Waals surface area contributed by atoms with Crippen molar-refractivity contribution in [3.63, 3.8) is 0 Å². The fraction of sp³-hybridized carbons (Fsp3) is 0.389. The molecule has 0 aliphatic carbocycles. The molecule has 2 heterocycles. The van der Waals surface area contributed by atoms with E-state index in [0.717, 1.165) is 16.3 Å². The maximum absolute atomic E-state index is 12.8. The van der Waals surface area contributed by atoms with Gasteiger partial charge in [0.15, 0.2) is 0 Å². The van der Waals surface area contributed by atoms with Crippen LogP contribution in [0.4, 0.5) is 0 Å². The quantitative estimate of drug-likeness (QED) is 0.885. The van der Waals surface area contributed by atoms with Crippen molar-refractivity contribution in [3.8, 4) is 0 Å². The van der Waals surface area contributed by atoms with E-state index < -0.39 is 12.1 Å². The lowest BCUT2D eigenvalue weighted by Gasteiger charge is -2.32. The number of carboxylic acids is 1. The predicted octanol–water partition coefficient (Wildman–Crippen LogP) is 2.36. The maximum atomic E-state index is 12.8. The van der Waals surface area contributed by atoms with Gasteiger partial charge in [0.25, 0.3) is 5.91 Å². The number of morpholine rings is 1. The summed E-state index contributed by atoms with van der Waals surface area (Å²) in [5.41, 5.74) is 1.88. The SMILES string of the molecule is Cc1nc(Cc2ccccc2)sc1C(=O)N1CCO[C@@H](CC(=O)O)C1. The van der Waals surface area contributed by atoms with Gasteiger partial charge in [-0.25, -0.2) is 4.98 Å². The van der Waals surface area contributed by atoms with Crippen LogP contribution in [0.1, 0.15) is 32.4 Å². The minimum absolute atomic E-state index is 0.0898. The Morgan fingerprint density at radius 2 is 2.12 bits per heavy atom. The highest BCUT2D eigenvalue weighted by Gasteiger charge is 2.28. The number of carbonyl (C=O) groups is 2. The van der Waals surface area contributed by atoms with Crippen LogP contribution in [0.3, 0.4) is 0 Å². The van der Waals surface area contributed by atoms with Gasteiger partial charge >= 0.3 is 5.97 Å². The molecule has 1 aliphatic heterocycles. The standard InChI is InChI=1S/C18H20N2O4S/c1-12-17(25-15(19-12)9-13-5-3-2-4-6-13)18(23)20-7-8-24-14(11-20)10-16(21)22/h2-6,14H,7-11H2,1H3,(H,21,22)/t14-/m0/s1. The molecular formula is C18H20N2O4S. The molecule has 2 aromatic rings. The van der Waals surface area contributed by atoms with Gasteiger partial charge in [0.2, 0.25) is 0 Å². The molecule has 1 atom stereocenters. The first kappa shape index (κ1) is 17.6. The van der Waals surface area contributed by atoms with Crippen molar-refractivity contribution >= 4 is 23.2 Å². The van der Waals surface area contributed by atoms with Gasteiger partial charge in [-0.15, -0.1) is 11.3 Å². The number of aliphatic carboxylic acids is 1. The molecule has 0 spiro atoms. The fourth-order valence-electron chi connectivity index (χ4n) is 2.86. The largest absolute Gasteiger partial charge is 0.481 e. The summed E-state index contributed by atoms with van der Waals surface area (Å²) in [6.07, 6.45) is 0.155. The molecule has 1 N–H and O–H groups in total. The number of hydrogen-bond donors (Lipinski definition) is 1. The fourth-order valence-corrected chi connectivity index (χ4v) is 3.93. The number of nitrogens with zero attached hydrogens (tertiary/aromatic N) is 2. The highest BCUT2D eigenvalue weighted by molar-refractivity contribution is 7.13. The van der Waals surface area contributed by atoms with Crippen molar-refractivity contribution in [1.82, 2.24) is 9.88 Å². The summed E-state index contributed by atoms with van der Waals surface area (Å²) < 4.78 is 5.43. The topological polar surface area (TPSA) is 79.7 Å². The molecule has 1 amide bonds. The number of aryl methyl sites for hydroxylation is 1. The zero-order valence-electron chi connectivity index (χ0n) is 14.0. The monoisotopic (exact) mass is 360 g/mol. The molecule has 25 heavy (non-hydrogen) atoms. The number of rotatable bonds is 5. The van der Waals surface area contributed by atoms with E-state index in [1.165, 1.54) is 11.3 Å². The number of hydrogen-bond acceptors (Lipinski definition) is 5. The Morgan fingerprint density at radius 1 is 1.36 bits per heavy atom. The van der Waals surface area contributed by atoms with Gasteiger partial charge in [0, 0.05) is 19.5 Å². The van der Waals surface area contributed by atoms with Crippen LogP contribution in [0.15, 0.2) is 30.3 Å². The number of thiazole rings is 1. The highest BCUT2D eigenvalue weighted by Crippen LogP contribution is 2.23. The summed E-state index contributed by atoms with van der Waals surface area (Å²) in [5, 5.41) is 9.81. The molecule has 1 fully saturated rings. The van der Waals surface area contributed by atoms with Gasteiger partial charge in [0.1, 0.15) is 4.88 Å². The average molecular weight is 360 g/mol. The van der Waals surface area contributed by atoms with E-state index >= 15 is 0 Å². The first-order valence-electron chi connectivity index (χ1n) is 8.16. The van der Waals surface area contributed by atoms with Gasteiger partial charge < -0.3 is 14.7 Å². The van der Waals surface area contributed by atoms with Crippen LogP contribution in [-0.4, -0.2) is 52.7 Å². The molecule has 6 nitrogen and oxygen atoms in total. The van der Waals surface area contributed by atoms with Crippen molar-refractivity contribution in [2.45, 2.75) is 25.9 Å². The van der Waals surface area contributed by atoms with E-state index in [1.54, 1.807) is 4.90 Å². The Labute approximate surface area is 150 Å². The molecule has 132 valence electrons. The molecule has 1 aromatic heterocycles. The minimum Gasteiger partial charge on any atom is -0.481 e. The van der Waals surface area contributed by atoms with Gasteiger partial charge in [-0.3, -0.25) is 9.59 Å². The van der Waals surface area contributed by atoms with Gasteiger partial charge in [0.05, 0.1) is 29.8 Å². The van der Waals surface area contributed by atoms with Gasteiger partial charge in [-0.05, 0) is 12.5 Å². The molecule has 3 rings (SSSR count). The molecule has 1 saturated heterocycles. The second-order valence-corrected chi connectivity index (χ2v) is 7.11. The zero-order valence-corrected chi connectivity index (χ0v) is 14.8. The number of amides is 1. The molecule has 7 heteroatoms. The van der Waals surface area contributed by atoms with E-state index in [9.17, 15) is 9.59 Å². The van der Waals surface area contributed by atoms with Crippen LogP contribution in [-0.2, 0) is 16.0 Å². The lowest BCUT2D eigenvalue weighted by molar-refractivity contribution is -0.141. The molecule has 1 aromatic carbocycles. The molecular weight excluding hydrogens is 340 g/mol. The van der Waals surface area contributed by atoms with Gasteiger partial charge in [-0.1, -0.05) is 30.3 Å². The third kappa shape index (κ3) is 4.43. The van der Waals surface area contributed by atoms with E-state index in [-0.39, 0.29) is 12.3 Å². The number of ether oxygens (including phenoxy) is 1. The van der Waals surface area contributed by atoms with Crippen LogP contribution in [0.5, 0.6) is 0 Å². The summed E-state index contributed by atoms with van der Waals surface area (Å²) in [5.74, 6) is -1.01. The van der Waals surface area contributed by atoms with Crippen LogP contribution in [0.25, 0.3) is 0 Å². The molecule has 0 radical (unpaired) electrons. The average Bonchev–Trinajstić information content (AvgIpc) is 2.95. The Kier molecular flexibility index (Phi) is 5.45.